The average Bonchev–Trinajstić information content (AvgIpc) is 3.26. The average molecular weight is 491 g/mol. The van der Waals surface area contributed by atoms with Gasteiger partial charge in [0.15, 0.2) is 18.1 Å². The highest BCUT2D eigenvalue weighted by Crippen LogP contribution is 2.38. The Morgan fingerprint density at radius 2 is 1.85 bits per heavy atom. The number of hydrogen-bond acceptors (Lipinski definition) is 7. The van der Waals surface area contributed by atoms with Crippen molar-refractivity contribution >= 4 is 46.8 Å². The van der Waals surface area contributed by atoms with Crippen LogP contribution in [0, 0.1) is 0 Å². The normalized spacial score (nSPS) is 15.9. The summed E-state index contributed by atoms with van der Waals surface area (Å²) in [5.41, 5.74) is 0.652. The molecule has 174 valence electrons. The number of ether oxygens (including phenoxy) is 3. The van der Waals surface area contributed by atoms with E-state index in [0.29, 0.717) is 66.4 Å². The topological polar surface area (TPSA) is 85.4 Å². The minimum Gasteiger partial charge on any atom is -0.489 e. The molecule has 0 radical (unpaired) electrons. The van der Waals surface area contributed by atoms with Crippen molar-refractivity contribution in [2.24, 2.45) is 0 Å². The molecule has 0 bridgehead atoms. The molecule has 33 heavy (non-hydrogen) atoms. The zero-order valence-corrected chi connectivity index (χ0v) is 19.4. The van der Waals surface area contributed by atoms with Gasteiger partial charge in [-0.2, -0.15) is 0 Å². The Bertz CT molecular complexity index is 1050. The lowest BCUT2D eigenvalue weighted by Gasteiger charge is -2.34. The summed E-state index contributed by atoms with van der Waals surface area (Å²) in [7, 11) is 0. The molecule has 1 aromatic carbocycles. The molecular weight excluding hydrogens is 468 g/mol. The minimum atomic E-state index is -0.641. The second-order valence-electron chi connectivity index (χ2n) is 7.47. The number of carbonyl (C=O) groups excluding carboxylic acids is 3. The van der Waals surface area contributed by atoms with E-state index < -0.39 is 5.97 Å². The molecule has 2 aliphatic rings. The largest absolute Gasteiger partial charge is 0.489 e. The standard InChI is InChI=1S/C23H23ClN2O6S/c24-17-13-16(14-18-22(17)31-11-2-10-30-18)4-5-21(28)32-15-20(27)25-6-8-26(9-7-25)23(29)19-3-1-12-33-19/h1,3-5,12-14H,2,6-11,15H2/b5-4+. The number of hydrogen-bond donors (Lipinski definition) is 0. The van der Waals surface area contributed by atoms with Crippen LogP contribution in [-0.2, 0) is 14.3 Å². The van der Waals surface area contributed by atoms with Crippen LogP contribution in [0.5, 0.6) is 11.5 Å². The molecule has 0 spiro atoms. The van der Waals surface area contributed by atoms with Crippen LogP contribution < -0.4 is 9.47 Å². The highest BCUT2D eigenvalue weighted by atomic mass is 35.5. The molecule has 3 heterocycles. The number of thiophene rings is 1. The number of benzene rings is 1. The molecular formula is C23H23ClN2O6S. The SMILES string of the molecule is O=C(/C=C/c1cc(Cl)c2c(c1)OCCCO2)OCC(=O)N1CCN(C(=O)c2cccs2)CC1. The smallest absolute Gasteiger partial charge is 0.331 e. The van der Waals surface area contributed by atoms with Gasteiger partial charge in [0, 0.05) is 38.7 Å². The van der Waals surface area contributed by atoms with Crippen LogP contribution in [0.4, 0.5) is 0 Å². The number of halogens is 1. The number of esters is 1. The van der Waals surface area contributed by atoms with E-state index in [1.54, 1.807) is 34.1 Å². The quantitative estimate of drug-likeness (QED) is 0.473. The molecule has 2 aromatic rings. The fourth-order valence-corrected chi connectivity index (χ4v) is 4.46. The Kier molecular flexibility index (Phi) is 7.51. The van der Waals surface area contributed by atoms with E-state index in [4.69, 9.17) is 25.8 Å². The third kappa shape index (κ3) is 5.85. The Morgan fingerprint density at radius 1 is 1.09 bits per heavy atom. The van der Waals surface area contributed by atoms with Crippen LogP contribution in [0.25, 0.3) is 6.08 Å². The van der Waals surface area contributed by atoms with Gasteiger partial charge in [-0.25, -0.2) is 4.79 Å². The number of piperazine rings is 1. The Morgan fingerprint density at radius 3 is 2.61 bits per heavy atom. The van der Waals surface area contributed by atoms with Crippen molar-refractivity contribution in [3.8, 4) is 11.5 Å². The summed E-state index contributed by atoms with van der Waals surface area (Å²) in [5.74, 6) is 0.0665. The Hall–Kier alpha value is -3.04. The van der Waals surface area contributed by atoms with Gasteiger partial charge in [0.2, 0.25) is 0 Å². The van der Waals surface area contributed by atoms with Crippen LogP contribution >= 0.6 is 22.9 Å². The van der Waals surface area contributed by atoms with Crippen LogP contribution in [-0.4, -0.2) is 73.6 Å². The highest BCUT2D eigenvalue weighted by molar-refractivity contribution is 7.12. The van der Waals surface area contributed by atoms with Crippen molar-refractivity contribution in [3.63, 3.8) is 0 Å². The maximum Gasteiger partial charge on any atom is 0.331 e. The molecule has 1 aromatic heterocycles. The summed E-state index contributed by atoms with van der Waals surface area (Å²) in [6.45, 7) is 2.39. The summed E-state index contributed by atoms with van der Waals surface area (Å²) >= 11 is 7.65. The molecule has 2 aliphatic heterocycles. The molecule has 10 heteroatoms. The molecule has 0 aliphatic carbocycles. The van der Waals surface area contributed by atoms with Crippen molar-refractivity contribution in [2.75, 3.05) is 46.0 Å². The number of carbonyl (C=O) groups is 3. The van der Waals surface area contributed by atoms with E-state index in [9.17, 15) is 14.4 Å². The van der Waals surface area contributed by atoms with Gasteiger partial charge >= 0.3 is 5.97 Å². The van der Waals surface area contributed by atoms with E-state index in [0.717, 1.165) is 6.42 Å². The summed E-state index contributed by atoms with van der Waals surface area (Å²) in [6.07, 6.45) is 3.54. The van der Waals surface area contributed by atoms with Gasteiger partial charge in [-0.05, 0) is 35.2 Å². The summed E-state index contributed by atoms with van der Waals surface area (Å²) in [4.78, 5) is 40.9. The number of nitrogens with zero attached hydrogens (tertiary/aromatic N) is 2. The number of fused-ring (bicyclic) bond motifs is 1. The summed E-state index contributed by atoms with van der Waals surface area (Å²) < 4.78 is 16.3. The molecule has 1 fully saturated rings. The van der Waals surface area contributed by atoms with Crippen molar-refractivity contribution in [2.45, 2.75) is 6.42 Å². The van der Waals surface area contributed by atoms with Crippen molar-refractivity contribution in [3.05, 3.63) is 51.2 Å². The first kappa shape index (κ1) is 23.1. The van der Waals surface area contributed by atoms with Gasteiger partial charge in [0.25, 0.3) is 11.8 Å². The monoisotopic (exact) mass is 490 g/mol. The van der Waals surface area contributed by atoms with E-state index in [1.165, 1.54) is 17.4 Å². The lowest BCUT2D eigenvalue weighted by atomic mass is 10.2. The van der Waals surface area contributed by atoms with E-state index in [-0.39, 0.29) is 18.4 Å². The summed E-state index contributed by atoms with van der Waals surface area (Å²) in [5, 5.41) is 2.26. The van der Waals surface area contributed by atoms with Crippen molar-refractivity contribution in [1.82, 2.24) is 9.80 Å². The van der Waals surface area contributed by atoms with Crippen molar-refractivity contribution < 1.29 is 28.6 Å². The fourth-order valence-electron chi connectivity index (χ4n) is 3.50. The molecule has 0 unspecified atom stereocenters. The van der Waals surface area contributed by atoms with E-state index in [2.05, 4.69) is 0 Å². The first-order valence-corrected chi connectivity index (χ1v) is 11.8. The molecule has 2 amide bonds. The minimum absolute atomic E-state index is 0.0245. The van der Waals surface area contributed by atoms with Gasteiger partial charge in [-0.15, -0.1) is 11.3 Å². The zero-order valence-electron chi connectivity index (χ0n) is 17.8. The van der Waals surface area contributed by atoms with Crippen LogP contribution in [0.2, 0.25) is 5.02 Å². The van der Waals surface area contributed by atoms with Crippen molar-refractivity contribution in [1.29, 1.82) is 0 Å². The second-order valence-corrected chi connectivity index (χ2v) is 8.83. The summed E-state index contributed by atoms with van der Waals surface area (Å²) in [6, 6.07) is 7.03. The maximum absolute atomic E-state index is 12.4. The van der Waals surface area contributed by atoms with E-state index >= 15 is 0 Å². The molecule has 4 rings (SSSR count). The molecule has 1 saturated heterocycles. The molecule has 0 N–H and O–H groups in total. The lowest BCUT2D eigenvalue weighted by molar-refractivity contribution is -0.148. The van der Waals surface area contributed by atoms with Gasteiger partial charge in [-0.1, -0.05) is 17.7 Å². The first-order chi connectivity index (χ1) is 16.0. The van der Waals surface area contributed by atoms with Crippen LogP contribution in [0.15, 0.2) is 35.7 Å². The predicted molar refractivity (Wildman–Crippen MR) is 124 cm³/mol. The lowest BCUT2D eigenvalue weighted by Crippen LogP contribution is -2.51. The number of amides is 2. The van der Waals surface area contributed by atoms with Gasteiger partial charge < -0.3 is 24.0 Å². The predicted octanol–water partition coefficient (Wildman–Crippen LogP) is 3.10. The molecule has 8 nitrogen and oxygen atoms in total. The third-order valence-corrected chi connectivity index (χ3v) is 6.36. The van der Waals surface area contributed by atoms with Crippen LogP contribution in [0.1, 0.15) is 21.7 Å². The highest BCUT2D eigenvalue weighted by Gasteiger charge is 2.25. The first-order valence-electron chi connectivity index (χ1n) is 10.6. The van der Waals surface area contributed by atoms with Crippen LogP contribution in [0.3, 0.4) is 0 Å². The van der Waals surface area contributed by atoms with Gasteiger partial charge in [-0.3, -0.25) is 9.59 Å². The van der Waals surface area contributed by atoms with E-state index in [1.807, 2.05) is 11.4 Å². The third-order valence-electron chi connectivity index (χ3n) is 5.23. The molecule has 0 atom stereocenters. The second kappa shape index (κ2) is 10.7. The van der Waals surface area contributed by atoms with Gasteiger partial charge in [0.05, 0.1) is 23.1 Å². The maximum atomic E-state index is 12.4. The zero-order chi connectivity index (χ0) is 23.2. The fraction of sp³-hybridized carbons (Fsp3) is 0.348. The Balaban J connectivity index is 1.24. The Labute approximate surface area is 200 Å². The number of rotatable bonds is 5. The molecule has 0 saturated carbocycles. The van der Waals surface area contributed by atoms with Gasteiger partial charge in [0.1, 0.15) is 0 Å².